The maximum atomic E-state index is 11.4. The lowest BCUT2D eigenvalue weighted by molar-refractivity contribution is -0.139. The highest BCUT2D eigenvalue weighted by Crippen LogP contribution is 1.96. The van der Waals surface area contributed by atoms with Crippen molar-refractivity contribution in [2.75, 3.05) is 5.75 Å². The fourth-order valence-electron chi connectivity index (χ4n) is 0.950. The van der Waals surface area contributed by atoms with E-state index in [2.05, 4.69) is 30.2 Å². The SMILES string of the molecule is N[C@@H](CC(=O)O)C(=O)N[C@@H](CS)C(=O)[CH]C=S. The van der Waals surface area contributed by atoms with Gasteiger partial charge >= 0.3 is 5.97 Å². The lowest BCUT2D eigenvalue weighted by Crippen LogP contribution is -2.50. The van der Waals surface area contributed by atoms with Gasteiger partial charge in [0.05, 0.1) is 24.9 Å². The summed E-state index contributed by atoms with van der Waals surface area (Å²) >= 11 is 8.38. The highest BCUT2D eigenvalue weighted by atomic mass is 32.1. The summed E-state index contributed by atoms with van der Waals surface area (Å²) in [6.45, 7) is 0. The number of carboxylic acid groups (broad SMARTS) is 1. The monoisotopic (exact) mass is 277 g/mol. The molecule has 4 N–H and O–H groups in total. The molecule has 0 heterocycles. The molecule has 0 spiro atoms. The van der Waals surface area contributed by atoms with Gasteiger partial charge in [-0.1, -0.05) is 12.2 Å². The van der Waals surface area contributed by atoms with Crippen LogP contribution in [-0.2, 0) is 14.4 Å². The number of thiol groups is 1. The Labute approximate surface area is 109 Å². The number of carboxylic acids is 1. The predicted octanol–water partition coefficient (Wildman–Crippen LogP) is -1.02. The van der Waals surface area contributed by atoms with E-state index >= 15 is 0 Å². The number of nitrogens with two attached hydrogens (primary N) is 1. The molecule has 0 unspecified atom stereocenters. The summed E-state index contributed by atoms with van der Waals surface area (Å²) in [6, 6.07) is -2.06. The van der Waals surface area contributed by atoms with Crippen molar-refractivity contribution in [2.45, 2.75) is 18.5 Å². The van der Waals surface area contributed by atoms with Gasteiger partial charge in [0, 0.05) is 5.75 Å². The third-order valence-electron chi connectivity index (χ3n) is 1.81. The molecule has 0 rings (SSSR count). The average Bonchev–Trinajstić information content (AvgIpc) is 2.24. The molecule has 6 nitrogen and oxygen atoms in total. The number of hydrogen-bond acceptors (Lipinski definition) is 6. The quantitative estimate of drug-likeness (QED) is 0.334. The van der Waals surface area contributed by atoms with Crippen LogP contribution in [0.15, 0.2) is 0 Å². The van der Waals surface area contributed by atoms with Crippen LogP contribution in [0, 0.1) is 6.42 Å². The number of thiocarbonyl (C=S) groups is 1. The van der Waals surface area contributed by atoms with Crippen LogP contribution >= 0.6 is 24.8 Å². The van der Waals surface area contributed by atoms with Crippen LogP contribution in [0.25, 0.3) is 0 Å². The number of aliphatic carboxylic acids is 1. The predicted molar refractivity (Wildman–Crippen MR) is 69.0 cm³/mol. The van der Waals surface area contributed by atoms with Gasteiger partial charge in [-0.15, -0.1) is 0 Å². The molecule has 95 valence electrons. The fraction of sp³-hybridized carbons (Fsp3) is 0.444. The summed E-state index contributed by atoms with van der Waals surface area (Å²) in [6.07, 6.45) is 0.620. The molecule has 0 bridgehead atoms. The highest BCUT2D eigenvalue weighted by molar-refractivity contribution is 7.80. The molecular weight excluding hydrogens is 264 g/mol. The van der Waals surface area contributed by atoms with E-state index in [4.69, 9.17) is 10.8 Å². The second-order valence-electron chi connectivity index (χ2n) is 3.15. The van der Waals surface area contributed by atoms with Gasteiger partial charge in [0.1, 0.15) is 0 Å². The maximum absolute atomic E-state index is 11.4. The molecule has 2 atom stereocenters. The van der Waals surface area contributed by atoms with Crippen molar-refractivity contribution in [3.05, 3.63) is 6.42 Å². The van der Waals surface area contributed by atoms with E-state index in [1.165, 1.54) is 0 Å². The Hall–Kier alpha value is -0.990. The van der Waals surface area contributed by atoms with E-state index in [-0.39, 0.29) is 5.75 Å². The molecule has 0 fully saturated rings. The molecule has 8 heteroatoms. The molecule has 1 amide bonds. The molecule has 0 saturated carbocycles. The zero-order chi connectivity index (χ0) is 13.4. The Kier molecular flexibility index (Phi) is 7.68. The Balaban J connectivity index is 4.36. The summed E-state index contributed by atoms with van der Waals surface area (Å²) in [4.78, 5) is 33.1. The smallest absolute Gasteiger partial charge is 0.305 e. The van der Waals surface area contributed by atoms with Gasteiger partial charge in [-0.2, -0.15) is 12.6 Å². The number of carbonyl (C=O) groups excluding carboxylic acids is 2. The zero-order valence-electron chi connectivity index (χ0n) is 8.83. The molecule has 0 aliphatic rings. The normalized spacial score (nSPS) is 13.5. The van der Waals surface area contributed by atoms with Crippen molar-refractivity contribution < 1.29 is 19.5 Å². The largest absolute Gasteiger partial charge is 0.481 e. The van der Waals surface area contributed by atoms with Gasteiger partial charge in [0.2, 0.25) is 5.91 Å². The van der Waals surface area contributed by atoms with Crippen molar-refractivity contribution in [1.82, 2.24) is 5.32 Å². The number of carbonyl (C=O) groups is 3. The van der Waals surface area contributed by atoms with Gasteiger partial charge in [0.25, 0.3) is 0 Å². The number of Topliss-reactive ketones (excluding diaryl/α,β-unsaturated/α-hetero) is 1. The summed E-state index contributed by atoms with van der Waals surface area (Å²) in [7, 11) is 0. The van der Waals surface area contributed by atoms with E-state index in [1.807, 2.05) is 0 Å². The first-order valence-electron chi connectivity index (χ1n) is 4.63. The van der Waals surface area contributed by atoms with Crippen LogP contribution in [0.2, 0.25) is 0 Å². The Bertz CT molecular complexity index is 322. The van der Waals surface area contributed by atoms with Crippen LogP contribution in [0.1, 0.15) is 6.42 Å². The van der Waals surface area contributed by atoms with E-state index in [0.29, 0.717) is 0 Å². The van der Waals surface area contributed by atoms with Crippen LogP contribution in [0.4, 0.5) is 0 Å². The minimum Gasteiger partial charge on any atom is -0.481 e. The van der Waals surface area contributed by atoms with Gasteiger partial charge in [-0.25, -0.2) is 0 Å². The van der Waals surface area contributed by atoms with Crippen LogP contribution < -0.4 is 11.1 Å². The van der Waals surface area contributed by atoms with Gasteiger partial charge in [0.15, 0.2) is 5.78 Å². The summed E-state index contributed by atoms with van der Waals surface area (Å²) in [5.74, 6) is -2.24. The van der Waals surface area contributed by atoms with Gasteiger partial charge < -0.3 is 16.2 Å². The number of rotatable bonds is 8. The van der Waals surface area contributed by atoms with Crippen molar-refractivity contribution in [3.63, 3.8) is 0 Å². The molecular formula is C9H13N2O4S2. The molecule has 17 heavy (non-hydrogen) atoms. The first kappa shape index (κ1) is 16.0. The van der Waals surface area contributed by atoms with Crippen molar-refractivity contribution in [1.29, 1.82) is 0 Å². The third kappa shape index (κ3) is 6.35. The van der Waals surface area contributed by atoms with Gasteiger partial charge in [-0.3, -0.25) is 14.4 Å². The van der Waals surface area contributed by atoms with Crippen molar-refractivity contribution in [2.24, 2.45) is 5.73 Å². The highest BCUT2D eigenvalue weighted by Gasteiger charge is 2.23. The average molecular weight is 277 g/mol. The molecule has 0 aromatic heterocycles. The zero-order valence-corrected chi connectivity index (χ0v) is 10.5. The van der Waals surface area contributed by atoms with Crippen molar-refractivity contribution >= 4 is 47.9 Å². The Morgan fingerprint density at radius 2 is 2.06 bits per heavy atom. The van der Waals surface area contributed by atoms with E-state index < -0.39 is 36.2 Å². The summed E-state index contributed by atoms with van der Waals surface area (Å²) in [5.41, 5.74) is 5.33. The Morgan fingerprint density at radius 1 is 1.47 bits per heavy atom. The summed E-state index contributed by atoms with van der Waals surface area (Å²) < 4.78 is 0. The lowest BCUT2D eigenvalue weighted by atomic mass is 10.1. The molecule has 0 aromatic rings. The fourth-order valence-corrected chi connectivity index (χ4v) is 1.35. The first-order chi connectivity index (χ1) is 7.92. The molecule has 0 aliphatic carbocycles. The number of nitrogens with one attached hydrogen (secondary N) is 1. The number of ketones is 1. The summed E-state index contributed by atoms with van der Waals surface area (Å²) in [5, 5.41) is 11.9. The third-order valence-corrected chi connectivity index (χ3v) is 2.31. The lowest BCUT2D eigenvalue weighted by Gasteiger charge is -2.16. The van der Waals surface area contributed by atoms with E-state index in [9.17, 15) is 14.4 Å². The minimum atomic E-state index is -1.20. The van der Waals surface area contributed by atoms with E-state index in [0.717, 1.165) is 11.8 Å². The van der Waals surface area contributed by atoms with E-state index in [1.54, 1.807) is 0 Å². The van der Waals surface area contributed by atoms with Crippen LogP contribution in [0.5, 0.6) is 0 Å². The van der Waals surface area contributed by atoms with Gasteiger partial charge in [-0.05, 0) is 5.37 Å². The second-order valence-corrected chi connectivity index (χ2v) is 3.79. The topological polar surface area (TPSA) is 109 Å². The van der Waals surface area contributed by atoms with Crippen LogP contribution in [0.3, 0.4) is 0 Å². The molecule has 0 aromatic carbocycles. The van der Waals surface area contributed by atoms with Crippen molar-refractivity contribution in [3.8, 4) is 0 Å². The molecule has 0 aliphatic heterocycles. The molecule has 0 saturated heterocycles. The second kappa shape index (κ2) is 8.15. The Morgan fingerprint density at radius 3 is 2.47 bits per heavy atom. The number of amides is 1. The first-order valence-corrected chi connectivity index (χ1v) is 5.73. The number of hydrogen-bond donors (Lipinski definition) is 4. The molecule has 1 radical (unpaired) electrons. The maximum Gasteiger partial charge on any atom is 0.305 e. The minimum absolute atomic E-state index is 0.0735. The standard InChI is InChI=1S/C9H13N2O4S2/c10-5(3-8(13)14)9(15)11-6(4-17)7(12)1-2-16/h1-2,5-6,17H,3-4,10H2,(H,11,15)(H,13,14)/t5-,6-/m0/s1. The van der Waals surface area contributed by atoms with Crippen LogP contribution in [-0.4, -0.2) is 46.0 Å².